The molecule has 0 unspecified atom stereocenters. The van der Waals surface area contributed by atoms with Gasteiger partial charge in [-0.25, -0.2) is 0 Å². The monoisotopic (exact) mass is 209 g/mol. The fourth-order valence-corrected chi connectivity index (χ4v) is 2.44. The number of carbonyl (C=O) groups excluding carboxylic acids is 2. The predicted octanol–water partition coefficient (Wildman–Crippen LogP) is 0.428. The van der Waals surface area contributed by atoms with E-state index in [4.69, 9.17) is 4.74 Å². The summed E-state index contributed by atoms with van der Waals surface area (Å²) in [5.74, 6) is -0.0834. The van der Waals surface area contributed by atoms with E-state index in [0.29, 0.717) is 19.4 Å². The molecule has 0 amide bonds. The first-order valence-electron chi connectivity index (χ1n) is 5.22. The van der Waals surface area contributed by atoms with Crippen LogP contribution in [0, 0.1) is 5.41 Å². The maximum Gasteiger partial charge on any atom is 0.317 e. The summed E-state index contributed by atoms with van der Waals surface area (Å²) in [5.41, 5.74) is 0.380. The van der Waals surface area contributed by atoms with Crippen LogP contribution in [-0.2, 0) is 14.3 Å². The Hall–Kier alpha value is -1.16. The van der Waals surface area contributed by atoms with Crippen molar-refractivity contribution in [2.75, 3.05) is 20.2 Å². The molecule has 82 valence electrons. The molecule has 1 atom stereocenters. The summed E-state index contributed by atoms with van der Waals surface area (Å²) in [7, 11) is 1.40. The van der Waals surface area contributed by atoms with E-state index in [9.17, 15) is 9.59 Å². The number of ether oxygens (including phenoxy) is 1. The van der Waals surface area contributed by atoms with Crippen LogP contribution in [-0.4, -0.2) is 32.0 Å². The lowest BCUT2D eigenvalue weighted by Crippen LogP contribution is -2.49. The number of rotatable bonds is 1. The van der Waals surface area contributed by atoms with Gasteiger partial charge >= 0.3 is 5.97 Å². The summed E-state index contributed by atoms with van der Waals surface area (Å²) in [5, 5.41) is 3.20. The van der Waals surface area contributed by atoms with Gasteiger partial charge in [0.1, 0.15) is 5.41 Å². The third-order valence-corrected chi connectivity index (χ3v) is 3.32. The maximum absolute atomic E-state index is 11.8. The van der Waals surface area contributed by atoms with Crippen molar-refractivity contribution in [1.29, 1.82) is 0 Å². The lowest BCUT2D eigenvalue weighted by molar-refractivity contribution is -0.151. The molecule has 0 bridgehead atoms. The summed E-state index contributed by atoms with van der Waals surface area (Å²) in [4.78, 5) is 23.1. The van der Waals surface area contributed by atoms with Crippen molar-refractivity contribution in [2.45, 2.75) is 19.3 Å². The molecular formula is C11H15NO3. The molecule has 15 heavy (non-hydrogen) atoms. The SMILES string of the molecule is COC(=O)[C@@]12CCC(=O)C=C1CCNC2. The van der Waals surface area contributed by atoms with Gasteiger partial charge in [0.15, 0.2) is 5.78 Å². The van der Waals surface area contributed by atoms with E-state index < -0.39 is 5.41 Å². The lowest BCUT2D eigenvalue weighted by Gasteiger charge is -2.39. The number of carbonyl (C=O) groups is 2. The number of ketones is 1. The highest BCUT2D eigenvalue weighted by Gasteiger charge is 2.46. The molecule has 1 heterocycles. The van der Waals surface area contributed by atoms with Crippen LogP contribution in [0.2, 0.25) is 0 Å². The van der Waals surface area contributed by atoms with Crippen molar-refractivity contribution >= 4 is 11.8 Å². The van der Waals surface area contributed by atoms with Gasteiger partial charge in [-0.05, 0) is 31.0 Å². The van der Waals surface area contributed by atoms with E-state index in [0.717, 1.165) is 18.5 Å². The highest BCUT2D eigenvalue weighted by Crippen LogP contribution is 2.40. The van der Waals surface area contributed by atoms with Crippen molar-refractivity contribution in [3.63, 3.8) is 0 Å². The predicted molar refractivity (Wildman–Crippen MR) is 54.3 cm³/mol. The number of piperidine rings is 1. The smallest absolute Gasteiger partial charge is 0.317 e. The van der Waals surface area contributed by atoms with Crippen LogP contribution >= 0.6 is 0 Å². The molecule has 4 heteroatoms. The van der Waals surface area contributed by atoms with Crippen molar-refractivity contribution in [1.82, 2.24) is 5.32 Å². The summed E-state index contributed by atoms with van der Waals surface area (Å²) < 4.78 is 4.85. The molecule has 1 N–H and O–H groups in total. The Labute approximate surface area is 88.7 Å². The van der Waals surface area contributed by atoms with E-state index in [1.54, 1.807) is 6.08 Å². The average Bonchev–Trinajstić information content (AvgIpc) is 2.28. The van der Waals surface area contributed by atoms with Gasteiger partial charge in [-0.15, -0.1) is 0 Å². The molecule has 4 nitrogen and oxygen atoms in total. The van der Waals surface area contributed by atoms with E-state index in [1.165, 1.54) is 7.11 Å². The van der Waals surface area contributed by atoms with Gasteiger partial charge in [0.25, 0.3) is 0 Å². The highest BCUT2D eigenvalue weighted by atomic mass is 16.5. The van der Waals surface area contributed by atoms with Crippen LogP contribution in [0.25, 0.3) is 0 Å². The van der Waals surface area contributed by atoms with Gasteiger partial charge in [-0.1, -0.05) is 0 Å². The second kappa shape index (κ2) is 3.77. The molecular weight excluding hydrogens is 194 g/mol. The molecule has 0 aromatic heterocycles. The summed E-state index contributed by atoms with van der Waals surface area (Å²) >= 11 is 0. The zero-order chi connectivity index (χ0) is 10.9. The van der Waals surface area contributed by atoms with Crippen molar-refractivity contribution in [3.8, 4) is 0 Å². The van der Waals surface area contributed by atoms with Crippen LogP contribution in [0.3, 0.4) is 0 Å². The number of hydrogen-bond acceptors (Lipinski definition) is 4. The average molecular weight is 209 g/mol. The molecule has 1 saturated heterocycles. The Balaban J connectivity index is 2.37. The quantitative estimate of drug-likeness (QED) is 0.636. The van der Waals surface area contributed by atoms with E-state index in [-0.39, 0.29) is 11.8 Å². The maximum atomic E-state index is 11.8. The standard InChI is InChI=1S/C11H15NO3/c1-15-10(14)11-4-2-9(13)6-8(11)3-5-12-7-11/h6,12H,2-5,7H2,1H3/t11-/m1/s1. The van der Waals surface area contributed by atoms with Crippen molar-refractivity contribution < 1.29 is 14.3 Å². The van der Waals surface area contributed by atoms with E-state index >= 15 is 0 Å². The zero-order valence-electron chi connectivity index (χ0n) is 8.84. The van der Waals surface area contributed by atoms with Gasteiger partial charge in [-0.2, -0.15) is 0 Å². The normalized spacial score (nSPS) is 30.5. The van der Waals surface area contributed by atoms with E-state index in [1.807, 2.05) is 0 Å². The second-order valence-corrected chi connectivity index (χ2v) is 4.14. The molecule has 0 aromatic carbocycles. The Morgan fingerprint density at radius 3 is 3.07 bits per heavy atom. The fraction of sp³-hybridized carbons (Fsp3) is 0.636. The van der Waals surface area contributed by atoms with Crippen molar-refractivity contribution in [2.24, 2.45) is 5.41 Å². The molecule has 0 aromatic rings. The number of hydrogen-bond donors (Lipinski definition) is 1. The summed E-state index contributed by atoms with van der Waals surface area (Å²) in [6.07, 6.45) is 3.43. The number of nitrogens with one attached hydrogen (secondary N) is 1. The van der Waals surface area contributed by atoms with Crippen LogP contribution in [0.5, 0.6) is 0 Å². The number of allylic oxidation sites excluding steroid dienone is 1. The summed E-state index contributed by atoms with van der Waals surface area (Å²) in [6, 6.07) is 0. The third-order valence-electron chi connectivity index (χ3n) is 3.32. The molecule has 0 saturated carbocycles. The Kier molecular flexibility index (Phi) is 2.61. The minimum atomic E-state index is -0.569. The van der Waals surface area contributed by atoms with Gasteiger partial charge in [0.05, 0.1) is 7.11 Å². The molecule has 2 aliphatic rings. The number of methoxy groups -OCH3 is 1. The minimum absolute atomic E-state index is 0.131. The second-order valence-electron chi connectivity index (χ2n) is 4.14. The fourth-order valence-electron chi connectivity index (χ4n) is 2.44. The third kappa shape index (κ3) is 1.59. The molecule has 0 radical (unpaired) electrons. The van der Waals surface area contributed by atoms with Crippen LogP contribution in [0.15, 0.2) is 11.6 Å². The molecule has 1 fully saturated rings. The first-order chi connectivity index (χ1) is 7.19. The molecule has 1 aliphatic heterocycles. The van der Waals surface area contributed by atoms with Crippen LogP contribution in [0.1, 0.15) is 19.3 Å². The number of esters is 1. The zero-order valence-corrected chi connectivity index (χ0v) is 8.84. The Morgan fingerprint density at radius 2 is 2.33 bits per heavy atom. The van der Waals surface area contributed by atoms with Crippen molar-refractivity contribution in [3.05, 3.63) is 11.6 Å². The van der Waals surface area contributed by atoms with Gasteiger partial charge in [0.2, 0.25) is 0 Å². The molecule has 0 spiro atoms. The first kappa shape index (κ1) is 10.4. The summed E-state index contributed by atoms with van der Waals surface area (Å²) in [6.45, 7) is 1.43. The van der Waals surface area contributed by atoms with Gasteiger partial charge < -0.3 is 10.1 Å². The van der Waals surface area contributed by atoms with Crippen LogP contribution < -0.4 is 5.32 Å². The Morgan fingerprint density at radius 1 is 1.53 bits per heavy atom. The van der Waals surface area contributed by atoms with Gasteiger partial charge in [0, 0.05) is 13.0 Å². The minimum Gasteiger partial charge on any atom is -0.468 e. The Bertz CT molecular complexity index is 335. The largest absolute Gasteiger partial charge is 0.468 e. The topological polar surface area (TPSA) is 55.4 Å². The van der Waals surface area contributed by atoms with E-state index in [2.05, 4.69) is 5.32 Å². The number of fused-ring (bicyclic) bond motifs is 1. The van der Waals surface area contributed by atoms with Crippen LogP contribution in [0.4, 0.5) is 0 Å². The lowest BCUT2D eigenvalue weighted by atomic mass is 9.69. The highest BCUT2D eigenvalue weighted by molar-refractivity contribution is 5.95. The molecule has 2 rings (SSSR count). The molecule has 1 aliphatic carbocycles. The van der Waals surface area contributed by atoms with Gasteiger partial charge in [-0.3, -0.25) is 9.59 Å². The first-order valence-corrected chi connectivity index (χ1v) is 5.22.